The Labute approximate surface area is 177 Å². The summed E-state index contributed by atoms with van der Waals surface area (Å²) in [6, 6.07) is 8.32. The molecule has 4 rings (SSSR count). The van der Waals surface area contributed by atoms with E-state index in [0.717, 1.165) is 30.2 Å². The zero-order chi connectivity index (χ0) is 21.3. The minimum absolute atomic E-state index is 0.164. The van der Waals surface area contributed by atoms with Gasteiger partial charge in [-0.15, -0.1) is 0 Å². The van der Waals surface area contributed by atoms with Crippen molar-refractivity contribution in [1.82, 2.24) is 19.6 Å². The minimum atomic E-state index is -3.56. The average molecular weight is 426 g/mol. The zero-order valence-corrected chi connectivity index (χ0v) is 18.4. The van der Waals surface area contributed by atoms with Crippen LogP contribution in [0.4, 0.5) is 5.95 Å². The zero-order valence-electron chi connectivity index (χ0n) is 17.6. The van der Waals surface area contributed by atoms with Gasteiger partial charge in [0.1, 0.15) is 0 Å². The molecule has 0 spiro atoms. The topological polar surface area (TPSA) is 89.2 Å². The molecular formula is C22H27N5O2S. The fourth-order valence-corrected chi connectivity index (χ4v) is 4.31. The molecule has 1 N–H and O–H groups in total. The molecule has 0 saturated heterocycles. The van der Waals surface area contributed by atoms with Gasteiger partial charge in [-0.3, -0.25) is 0 Å². The highest BCUT2D eigenvalue weighted by molar-refractivity contribution is 7.90. The standard InChI is InChI=1S/C22H27N5O2S/c1-15(2)19-14-24-27-20(19)25-22(30(3,28)29)26-21(27)23-13-17-11-7-8-12-18(17)16-9-5-4-6-10-16/h7-9,11-12,14-15H,4-6,10,13H2,1-3H3,(H,23,25,26). The van der Waals surface area contributed by atoms with E-state index in [1.165, 1.54) is 24.0 Å². The van der Waals surface area contributed by atoms with E-state index in [-0.39, 0.29) is 11.1 Å². The summed E-state index contributed by atoms with van der Waals surface area (Å²) in [6.45, 7) is 4.57. The van der Waals surface area contributed by atoms with E-state index in [9.17, 15) is 8.42 Å². The molecule has 30 heavy (non-hydrogen) atoms. The van der Waals surface area contributed by atoms with Crippen LogP contribution in [0, 0.1) is 0 Å². The van der Waals surface area contributed by atoms with Crippen LogP contribution in [0.15, 0.2) is 41.7 Å². The second-order valence-corrected chi connectivity index (χ2v) is 9.99. The second-order valence-electron chi connectivity index (χ2n) is 8.08. The van der Waals surface area contributed by atoms with E-state index in [1.54, 1.807) is 10.7 Å². The number of hydrogen-bond acceptors (Lipinski definition) is 6. The molecular weight excluding hydrogens is 398 g/mol. The molecule has 0 bridgehead atoms. The van der Waals surface area contributed by atoms with Crippen molar-refractivity contribution in [1.29, 1.82) is 0 Å². The van der Waals surface area contributed by atoms with Gasteiger partial charge in [0.15, 0.2) is 5.65 Å². The van der Waals surface area contributed by atoms with Crippen molar-refractivity contribution >= 4 is 27.0 Å². The molecule has 2 heterocycles. The number of anilines is 1. The van der Waals surface area contributed by atoms with Gasteiger partial charge in [-0.05, 0) is 48.3 Å². The molecule has 0 aliphatic heterocycles. The molecule has 0 atom stereocenters. The predicted molar refractivity (Wildman–Crippen MR) is 118 cm³/mol. The minimum Gasteiger partial charge on any atom is -0.350 e. The van der Waals surface area contributed by atoms with Crippen LogP contribution in [0.5, 0.6) is 0 Å². The maximum absolute atomic E-state index is 12.2. The van der Waals surface area contributed by atoms with Gasteiger partial charge in [0.05, 0.1) is 6.20 Å². The highest BCUT2D eigenvalue weighted by Gasteiger charge is 2.20. The molecule has 1 aromatic carbocycles. The smallest absolute Gasteiger partial charge is 0.252 e. The van der Waals surface area contributed by atoms with Crippen LogP contribution >= 0.6 is 0 Å². The molecule has 1 aliphatic carbocycles. The largest absolute Gasteiger partial charge is 0.350 e. The number of hydrogen-bond donors (Lipinski definition) is 1. The third-order valence-electron chi connectivity index (χ3n) is 5.42. The Hall–Kier alpha value is -2.74. The number of nitrogens with one attached hydrogen (secondary N) is 1. The molecule has 0 unspecified atom stereocenters. The van der Waals surface area contributed by atoms with Crippen molar-refractivity contribution in [3.8, 4) is 0 Å². The monoisotopic (exact) mass is 425 g/mol. The van der Waals surface area contributed by atoms with Crippen molar-refractivity contribution in [2.45, 2.75) is 57.1 Å². The van der Waals surface area contributed by atoms with Crippen LogP contribution in [-0.2, 0) is 16.4 Å². The van der Waals surface area contributed by atoms with Crippen LogP contribution in [0.3, 0.4) is 0 Å². The van der Waals surface area contributed by atoms with E-state index in [1.807, 2.05) is 19.9 Å². The lowest BCUT2D eigenvalue weighted by molar-refractivity contribution is 0.592. The number of nitrogens with zero attached hydrogens (tertiary/aromatic N) is 4. The first-order valence-corrected chi connectivity index (χ1v) is 12.2. The van der Waals surface area contributed by atoms with Gasteiger partial charge in [-0.25, -0.2) is 8.42 Å². The number of fused-ring (bicyclic) bond motifs is 1. The van der Waals surface area contributed by atoms with Crippen LogP contribution in [-0.4, -0.2) is 34.3 Å². The van der Waals surface area contributed by atoms with Crippen molar-refractivity contribution in [2.24, 2.45) is 0 Å². The van der Waals surface area contributed by atoms with Crippen molar-refractivity contribution in [3.05, 3.63) is 53.2 Å². The first kappa shape index (κ1) is 20.5. The van der Waals surface area contributed by atoms with Crippen LogP contribution in [0.1, 0.15) is 62.1 Å². The lowest BCUT2D eigenvalue weighted by Gasteiger charge is -2.17. The molecule has 0 amide bonds. The van der Waals surface area contributed by atoms with Crippen molar-refractivity contribution in [2.75, 3.05) is 11.6 Å². The van der Waals surface area contributed by atoms with Crippen LogP contribution < -0.4 is 5.32 Å². The number of aromatic nitrogens is 4. The van der Waals surface area contributed by atoms with Gasteiger partial charge in [0, 0.05) is 18.4 Å². The Kier molecular flexibility index (Phi) is 5.60. The summed E-state index contributed by atoms with van der Waals surface area (Å²) < 4.78 is 25.9. The summed E-state index contributed by atoms with van der Waals surface area (Å²) in [4.78, 5) is 8.56. The van der Waals surface area contributed by atoms with Crippen LogP contribution in [0.25, 0.3) is 11.2 Å². The molecule has 8 heteroatoms. The number of sulfone groups is 1. The Balaban J connectivity index is 1.72. The predicted octanol–water partition coefficient (Wildman–Crippen LogP) is 4.22. The summed E-state index contributed by atoms with van der Waals surface area (Å²) in [5, 5.41) is 7.52. The molecule has 2 aromatic heterocycles. The number of allylic oxidation sites excluding steroid dienone is 2. The SMILES string of the molecule is CC(C)c1cnn2c(NCc3ccccc3C3=CCCCC3)nc(S(C)(=O)=O)nc12. The molecule has 7 nitrogen and oxygen atoms in total. The first-order chi connectivity index (χ1) is 14.3. The molecule has 1 aliphatic rings. The average Bonchev–Trinajstić information content (AvgIpc) is 3.17. The summed E-state index contributed by atoms with van der Waals surface area (Å²) in [7, 11) is -3.56. The maximum Gasteiger partial charge on any atom is 0.252 e. The molecule has 0 radical (unpaired) electrons. The van der Waals surface area contributed by atoms with Gasteiger partial charge < -0.3 is 5.32 Å². The molecule has 158 valence electrons. The van der Waals surface area contributed by atoms with E-state index >= 15 is 0 Å². The highest BCUT2D eigenvalue weighted by Crippen LogP contribution is 2.29. The third-order valence-corrected chi connectivity index (χ3v) is 6.27. The van der Waals surface area contributed by atoms with E-state index in [4.69, 9.17) is 0 Å². The Morgan fingerprint density at radius 3 is 2.67 bits per heavy atom. The molecule has 3 aromatic rings. The van der Waals surface area contributed by atoms with E-state index < -0.39 is 9.84 Å². The summed E-state index contributed by atoms with van der Waals surface area (Å²) in [6.07, 6.45) is 9.84. The van der Waals surface area contributed by atoms with Gasteiger partial charge in [-0.2, -0.15) is 19.6 Å². The van der Waals surface area contributed by atoms with E-state index in [2.05, 4.69) is 44.7 Å². The van der Waals surface area contributed by atoms with Gasteiger partial charge in [0.25, 0.3) is 5.16 Å². The Morgan fingerprint density at radius 1 is 1.17 bits per heavy atom. The quantitative estimate of drug-likeness (QED) is 0.636. The second kappa shape index (κ2) is 8.18. The Morgan fingerprint density at radius 2 is 1.97 bits per heavy atom. The van der Waals surface area contributed by atoms with Gasteiger partial charge in [0.2, 0.25) is 15.8 Å². The first-order valence-electron chi connectivity index (χ1n) is 10.3. The Bertz CT molecular complexity index is 1210. The lowest BCUT2D eigenvalue weighted by atomic mass is 9.91. The van der Waals surface area contributed by atoms with Gasteiger partial charge in [-0.1, -0.05) is 44.2 Å². The highest BCUT2D eigenvalue weighted by atomic mass is 32.2. The third kappa shape index (κ3) is 4.09. The van der Waals surface area contributed by atoms with Gasteiger partial charge >= 0.3 is 0 Å². The summed E-state index contributed by atoms with van der Waals surface area (Å²) in [5.74, 6) is 0.538. The fraction of sp³-hybridized carbons (Fsp3) is 0.409. The normalized spacial score (nSPS) is 14.9. The van der Waals surface area contributed by atoms with Crippen LogP contribution in [0.2, 0.25) is 0 Å². The molecule has 0 fully saturated rings. The van der Waals surface area contributed by atoms with Crippen molar-refractivity contribution in [3.63, 3.8) is 0 Å². The number of benzene rings is 1. The summed E-state index contributed by atoms with van der Waals surface area (Å²) >= 11 is 0. The van der Waals surface area contributed by atoms with E-state index in [0.29, 0.717) is 18.1 Å². The fourth-order valence-electron chi connectivity index (χ4n) is 3.81. The maximum atomic E-state index is 12.2. The van der Waals surface area contributed by atoms with Crippen molar-refractivity contribution < 1.29 is 8.42 Å². The molecule has 0 saturated carbocycles. The lowest BCUT2D eigenvalue weighted by Crippen LogP contribution is -2.14. The summed E-state index contributed by atoms with van der Waals surface area (Å²) in [5.41, 5.74) is 5.17. The number of rotatable bonds is 6.